The minimum Gasteiger partial charge on any atom is -0.387 e. The summed E-state index contributed by atoms with van der Waals surface area (Å²) in [6, 6.07) is 6.00. The lowest BCUT2D eigenvalue weighted by Crippen LogP contribution is -2.43. The van der Waals surface area contributed by atoms with Crippen LogP contribution in [0, 0.1) is 5.82 Å². The van der Waals surface area contributed by atoms with Gasteiger partial charge in [-0.15, -0.1) is 11.8 Å². The second kappa shape index (κ2) is 7.77. The molecule has 1 aromatic rings. The zero-order chi connectivity index (χ0) is 14.3. The highest BCUT2D eigenvalue weighted by atomic mass is 32.2. The van der Waals surface area contributed by atoms with Crippen LogP contribution in [0.25, 0.3) is 0 Å². The number of benzene rings is 1. The van der Waals surface area contributed by atoms with Crippen molar-refractivity contribution in [2.75, 3.05) is 24.3 Å². The molecule has 6 heteroatoms. The van der Waals surface area contributed by atoms with Crippen LogP contribution in [0.2, 0.25) is 0 Å². The van der Waals surface area contributed by atoms with E-state index in [0.717, 1.165) is 4.90 Å². The van der Waals surface area contributed by atoms with Gasteiger partial charge in [0.1, 0.15) is 5.82 Å². The summed E-state index contributed by atoms with van der Waals surface area (Å²) in [5.74, 6) is 0.386. The van der Waals surface area contributed by atoms with E-state index < -0.39 is 5.60 Å². The Morgan fingerprint density at radius 1 is 1.42 bits per heavy atom. The molecule has 0 fully saturated rings. The summed E-state index contributed by atoms with van der Waals surface area (Å²) in [5.41, 5.74) is -0.893. The smallest absolute Gasteiger partial charge is 0.230 e. The lowest BCUT2D eigenvalue weighted by molar-refractivity contribution is -0.119. The van der Waals surface area contributed by atoms with E-state index in [1.807, 2.05) is 6.26 Å². The normalized spacial score (nSPS) is 13.9. The third kappa shape index (κ3) is 6.84. The molecule has 0 aromatic heterocycles. The highest BCUT2D eigenvalue weighted by Gasteiger charge is 2.20. The molecule has 0 heterocycles. The van der Waals surface area contributed by atoms with E-state index >= 15 is 0 Å². The molecular weight excluding hydrogens is 285 g/mol. The summed E-state index contributed by atoms with van der Waals surface area (Å²) < 4.78 is 12.7. The highest BCUT2D eigenvalue weighted by molar-refractivity contribution is 8.00. The molecule has 0 saturated carbocycles. The van der Waals surface area contributed by atoms with Gasteiger partial charge < -0.3 is 10.4 Å². The molecule has 0 aliphatic carbocycles. The Kier molecular flexibility index (Phi) is 6.68. The average molecular weight is 303 g/mol. The minimum absolute atomic E-state index is 0.143. The standard InChI is InChI=1S/C13H18FNO2S2/c1-13(17,9-18-2)8-15-12(16)7-19-11-5-3-10(14)4-6-11/h3-6,17H,7-9H2,1-2H3,(H,15,16)/t13-/m0/s1. The molecular formula is C13H18FNO2S2. The Labute approximate surface area is 121 Å². The number of thioether (sulfide) groups is 2. The quantitative estimate of drug-likeness (QED) is 0.758. The second-order valence-electron chi connectivity index (χ2n) is 4.45. The van der Waals surface area contributed by atoms with Crippen molar-refractivity contribution in [2.24, 2.45) is 0 Å². The Morgan fingerprint density at radius 2 is 2.05 bits per heavy atom. The van der Waals surface area contributed by atoms with Crippen molar-refractivity contribution in [2.45, 2.75) is 17.4 Å². The van der Waals surface area contributed by atoms with E-state index in [-0.39, 0.29) is 24.0 Å². The van der Waals surface area contributed by atoms with E-state index in [0.29, 0.717) is 5.75 Å². The summed E-state index contributed by atoms with van der Waals surface area (Å²) >= 11 is 2.87. The van der Waals surface area contributed by atoms with Gasteiger partial charge >= 0.3 is 0 Å². The van der Waals surface area contributed by atoms with Crippen LogP contribution in [0.5, 0.6) is 0 Å². The van der Waals surface area contributed by atoms with Crippen molar-refractivity contribution >= 4 is 29.4 Å². The van der Waals surface area contributed by atoms with Crippen LogP contribution in [-0.2, 0) is 4.79 Å². The SMILES string of the molecule is CSC[C@@](C)(O)CNC(=O)CSc1ccc(F)cc1. The van der Waals surface area contributed by atoms with Crippen LogP contribution in [0.1, 0.15) is 6.92 Å². The maximum atomic E-state index is 12.7. The molecule has 106 valence electrons. The zero-order valence-corrected chi connectivity index (χ0v) is 12.6. The van der Waals surface area contributed by atoms with Gasteiger partial charge in [0.25, 0.3) is 0 Å². The van der Waals surface area contributed by atoms with Crippen molar-refractivity contribution in [1.82, 2.24) is 5.32 Å². The third-order valence-corrected chi connectivity index (χ3v) is 4.23. The number of carbonyl (C=O) groups is 1. The molecule has 0 aliphatic rings. The van der Waals surface area contributed by atoms with Gasteiger partial charge in [-0.05, 0) is 37.4 Å². The summed E-state index contributed by atoms with van der Waals surface area (Å²) in [5, 5.41) is 12.6. The molecule has 0 unspecified atom stereocenters. The van der Waals surface area contributed by atoms with E-state index in [1.54, 1.807) is 19.1 Å². The molecule has 19 heavy (non-hydrogen) atoms. The fourth-order valence-electron chi connectivity index (χ4n) is 1.38. The van der Waals surface area contributed by atoms with Crippen LogP contribution in [0.4, 0.5) is 4.39 Å². The predicted molar refractivity (Wildman–Crippen MR) is 79.1 cm³/mol. The first-order valence-electron chi connectivity index (χ1n) is 5.79. The molecule has 1 aromatic carbocycles. The van der Waals surface area contributed by atoms with Crippen LogP contribution < -0.4 is 5.32 Å². The number of carbonyl (C=O) groups excluding carboxylic acids is 1. The number of nitrogens with one attached hydrogen (secondary N) is 1. The molecule has 1 rings (SSSR count). The maximum Gasteiger partial charge on any atom is 0.230 e. The Balaban J connectivity index is 2.30. The van der Waals surface area contributed by atoms with Crippen molar-refractivity contribution in [3.63, 3.8) is 0 Å². The topological polar surface area (TPSA) is 49.3 Å². The molecule has 0 aliphatic heterocycles. The number of hydrogen-bond donors (Lipinski definition) is 2. The van der Waals surface area contributed by atoms with Gasteiger partial charge in [0, 0.05) is 17.2 Å². The molecule has 1 amide bonds. The van der Waals surface area contributed by atoms with Gasteiger partial charge in [-0.25, -0.2) is 4.39 Å². The molecule has 2 N–H and O–H groups in total. The van der Waals surface area contributed by atoms with Gasteiger partial charge in [0.2, 0.25) is 5.91 Å². The number of aliphatic hydroxyl groups is 1. The minimum atomic E-state index is -0.893. The number of halogens is 1. The summed E-state index contributed by atoms with van der Waals surface area (Å²) in [7, 11) is 0. The van der Waals surface area contributed by atoms with Crippen LogP contribution in [-0.4, -0.2) is 40.9 Å². The fraction of sp³-hybridized carbons (Fsp3) is 0.462. The van der Waals surface area contributed by atoms with Crippen molar-refractivity contribution in [3.8, 4) is 0 Å². The average Bonchev–Trinajstić information content (AvgIpc) is 2.36. The van der Waals surface area contributed by atoms with Gasteiger partial charge in [-0.1, -0.05) is 0 Å². The number of amides is 1. The number of hydrogen-bond acceptors (Lipinski definition) is 4. The summed E-state index contributed by atoms with van der Waals surface area (Å²) in [6.45, 7) is 1.92. The zero-order valence-electron chi connectivity index (χ0n) is 11.0. The lowest BCUT2D eigenvalue weighted by atomic mass is 10.1. The third-order valence-electron chi connectivity index (χ3n) is 2.31. The molecule has 1 atom stereocenters. The first-order valence-corrected chi connectivity index (χ1v) is 8.17. The van der Waals surface area contributed by atoms with Gasteiger partial charge in [-0.3, -0.25) is 4.79 Å². The summed E-state index contributed by atoms with van der Waals surface area (Å²) in [6.07, 6.45) is 1.90. The first kappa shape index (κ1) is 16.3. The van der Waals surface area contributed by atoms with E-state index in [2.05, 4.69) is 5.32 Å². The van der Waals surface area contributed by atoms with E-state index in [4.69, 9.17) is 0 Å². The fourth-order valence-corrected chi connectivity index (χ4v) is 2.83. The van der Waals surface area contributed by atoms with Gasteiger partial charge in [0.15, 0.2) is 0 Å². The molecule has 3 nitrogen and oxygen atoms in total. The van der Waals surface area contributed by atoms with Crippen molar-refractivity contribution < 1.29 is 14.3 Å². The highest BCUT2D eigenvalue weighted by Crippen LogP contribution is 2.17. The second-order valence-corrected chi connectivity index (χ2v) is 6.36. The van der Waals surface area contributed by atoms with Crippen molar-refractivity contribution in [3.05, 3.63) is 30.1 Å². The molecule has 0 spiro atoms. The van der Waals surface area contributed by atoms with Crippen LogP contribution in [0.3, 0.4) is 0 Å². The van der Waals surface area contributed by atoms with E-state index in [9.17, 15) is 14.3 Å². The first-order chi connectivity index (χ1) is 8.93. The molecule has 0 saturated heterocycles. The number of rotatable bonds is 7. The predicted octanol–water partition coefficient (Wildman–Crippen LogP) is 2.15. The molecule has 0 bridgehead atoms. The van der Waals surface area contributed by atoms with Gasteiger partial charge in [-0.2, -0.15) is 11.8 Å². The van der Waals surface area contributed by atoms with Gasteiger partial charge in [0.05, 0.1) is 11.4 Å². The maximum absolute atomic E-state index is 12.7. The Morgan fingerprint density at radius 3 is 2.63 bits per heavy atom. The van der Waals surface area contributed by atoms with Crippen LogP contribution in [0.15, 0.2) is 29.2 Å². The monoisotopic (exact) mass is 303 g/mol. The Bertz CT molecular complexity index is 410. The lowest BCUT2D eigenvalue weighted by Gasteiger charge is -2.22. The largest absolute Gasteiger partial charge is 0.387 e. The Hall–Kier alpha value is -0.720. The summed E-state index contributed by atoms with van der Waals surface area (Å²) in [4.78, 5) is 12.5. The van der Waals surface area contributed by atoms with Crippen LogP contribution >= 0.6 is 23.5 Å². The molecule has 0 radical (unpaired) electrons. The van der Waals surface area contributed by atoms with E-state index in [1.165, 1.54) is 35.7 Å². The van der Waals surface area contributed by atoms with Crippen molar-refractivity contribution in [1.29, 1.82) is 0 Å².